The highest BCUT2D eigenvalue weighted by Crippen LogP contribution is 2.31. The Bertz CT molecular complexity index is 937. The summed E-state index contributed by atoms with van der Waals surface area (Å²) in [4.78, 5) is 35.0. The van der Waals surface area contributed by atoms with Gasteiger partial charge in [-0.25, -0.2) is 9.78 Å². The van der Waals surface area contributed by atoms with Crippen LogP contribution in [0.4, 0.5) is 0 Å². The van der Waals surface area contributed by atoms with Gasteiger partial charge in [0.25, 0.3) is 5.56 Å². The van der Waals surface area contributed by atoms with Crippen molar-refractivity contribution in [3.05, 3.63) is 56.5 Å². The first-order chi connectivity index (χ1) is 10.2. The van der Waals surface area contributed by atoms with Crippen molar-refractivity contribution < 1.29 is 4.74 Å². The third-order valence-electron chi connectivity index (χ3n) is 3.67. The summed E-state index contributed by atoms with van der Waals surface area (Å²) in [6.07, 6.45) is 0.776. The molecule has 1 aliphatic rings. The van der Waals surface area contributed by atoms with Crippen LogP contribution in [-0.4, -0.2) is 26.5 Å². The van der Waals surface area contributed by atoms with E-state index in [1.807, 2.05) is 24.3 Å². The van der Waals surface area contributed by atoms with E-state index in [9.17, 15) is 9.59 Å². The number of ether oxygens (including phenoxy) is 1. The van der Waals surface area contributed by atoms with E-state index in [0.717, 1.165) is 17.7 Å². The van der Waals surface area contributed by atoms with Crippen LogP contribution in [-0.2, 0) is 6.42 Å². The summed E-state index contributed by atoms with van der Waals surface area (Å²) >= 11 is 0. The Balaban J connectivity index is 1.77. The Hall–Kier alpha value is -2.83. The van der Waals surface area contributed by atoms with Gasteiger partial charge in [-0.2, -0.15) is 0 Å². The topological polar surface area (TPSA) is 104 Å². The van der Waals surface area contributed by atoms with Gasteiger partial charge in [0.05, 0.1) is 12.5 Å². The van der Waals surface area contributed by atoms with Crippen molar-refractivity contribution in [2.75, 3.05) is 6.61 Å². The van der Waals surface area contributed by atoms with Gasteiger partial charge in [0.15, 0.2) is 5.65 Å². The number of H-pyrrole nitrogens is 3. The highest BCUT2D eigenvalue weighted by molar-refractivity contribution is 5.68. The molecule has 0 spiro atoms. The first kappa shape index (κ1) is 12.0. The number of nitrogens with one attached hydrogen (secondary N) is 3. The van der Waals surface area contributed by atoms with E-state index in [0.29, 0.717) is 12.4 Å². The molecule has 1 unspecified atom stereocenters. The molecule has 7 nitrogen and oxygen atoms in total. The minimum Gasteiger partial charge on any atom is -0.493 e. The van der Waals surface area contributed by atoms with E-state index in [2.05, 4.69) is 19.9 Å². The summed E-state index contributed by atoms with van der Waals surface area (Å²) in [6, 6.07) is 7.85. The number of aromatic amines is 3. The molecule has 1 atom stereocenters. The van der Waals surface area contributed by atoms with E-state index in [1.54, 1.807) is 0 Å². The lowest BCUT2D eigenvalue weighted by atomic mass is 9.96. The van der Waals surface area contributed by atoms with E-state index in [-0.39, 0.29) is 17.1 Å². The summed E-state index contributed by atoms with van der Waals surface area (Å²) in [6.45, 7) is 0.485. The van der Waals surface area contributed by atoms with Crippen LogP contribution < -0.4 is 16.0 Å². The molecule has 106 valence electrons. The Kier molecular flexibility index (Phi) is 2.47. The number of rotatable bonds is 1. The highest BCUT2D eigenvalue weighted by Gasteiger charge is 2.24. The average molecular weight is 284 g/mol. The van der Waals surface area contributed by atoms with Crippen molar-refractivity contribution in [3.8, 4) is 5.75 Å². The lowest BCUT2D eigenvalue weighted by Gasteiger charge is -2.23. The second kappa shape index (κ2) is 4.34. The number of nitrogens with zero attached hydrogens (tertiary/aromatic N) is 1. The summed E-state index contributed by atoms with van der Waals surface area (Å²) in [7, 11) is 0. The molecule has 0 aliphatic carbocycles. The number of hydrogen-bond acceptors (Lipinski definition) is 4. The van der Waals surface area contributed by atoms with Crippen LogP contribution in [0.2, 0.25) is 0 Å². The standard InChI is InChI=1S/C14H12N4O3/c19-13-10-12(17-14(20)18-13)16-11(15-10)8-5-7-3-1-2-4-9(7)21-6-8/h1-4,8H,5-6H2,(H3,15,16,17,18,19,20). The second-order valence-electron chi connectivity index (χ2n) is 5.07. The number of imidazole rings is 1. The van der Waals surface area contributed by atoms with Crippen LogP contribution in [0.15, 0.2) is 33.9 Å². The molecule has 0 radical (unpaired) electrons. The minimum absolute atomic E-state index is 0.0233. The van der Waals surface area contributed by atoms with Crippen LogP contribution in [0.5, 0.6) is 5.75 Å². The Morgan fingerprint density at radius 3 is 2.90 bits per heavy atom. The molecule has 0 saturated heterocycles. The van der Waals surface area contributed by atoms with Crippen LogP contribution >= 0.6 is 0 Å². The zero-order valence-electron chi connectivity index (χ0n) is 11.0. The fraction of sp³-hybridized carbons (Fsp3) is 0.214. The first-order valence-electron chi connectivity index (χ1n) is 6.63. The largest absolute Gasteiger partial charge is 0.493 e. The summed E-state index contributed by atoms with van der Waals surface area (Å²) in [5, 5.41) is 0. The Morgan fingerprint density at radius 2 is 2.00 bits per heavy atom. The molecule has 21 heavy (non-hydrogen) atoms. The van der Waals surface area contributed by atoms with Crippen molar-refractivity contribution in [1.29, 1.82) is 0 Å². The maximum atomic E-state index is 11.7. The second-order valence-corrected chi connectivity index (χ2v) is 5.07. The molecule has 3 aromatic rings. The van der Waals surface area contributed by atoms with Crippen LogP contribution in [0, 0.1) is 0 Å². The summed E-state index contributed by atoms with van der Waals surface area (Å²) in [5.74, 6) is 1.55. The Labute approximate surface area is 118 Å². The third kappa shape index (κ3) is 1.94. The predicted molar refractivity (Wildman–Crippen MR) is 75.7 cm³/mol. The lowest BCUT2D eigenvalue weighted by molar-refractivity contribution is 0.258. The zero-order valence-corrected chi connectivity index (χ0v) is 11.0. The molecule has 0 fully saturated rings. The monoisotopic (exact) mass is 284 g/mol. The minimum atomic E-state index is -0.559. The number of benzene rings is 1. The molecule has 7 heteroatoms. The fourth-order valence-corrected chi connectivity index (χ4v) is 2.65. The van der Waals surface area contributed by atoms with Gasteiger partial charge in [-0.15, -0.1) is 0 Å². The maximum Gasteiger partial charge on any atom is 0.327 e. The zero-order chi connectivity index (χ0) is 14.4. The lowest BCUT2D eigenvalue weighted by Crippen LogP contribution is -2.21. The third-order valence-corrected chi connectivity index (χ3v) is 3.67. The number of aromatic nitrogens is 4. The van der Waals surface area contributed by atoms with Gasteiger partial charge in [-0.1, -0.05) is 18.2 Å². The van der Waals surface area contributed by atoms with Crippen molar-refractivity contribution in [3.63, 3.8) is 0 Å². The van der Waals surface area contributed by atoms with E-state index in [4.69, 9.17) is 4.74 Å². The van der Waals surface area contributed by atoms with Crippen molar-refractivity contribution in [2.24, 2.45) is 0 Å². The molecule has 3 N–H and O–H groups in total. The molecule has 2 aromatic heterocycles. The molecule has 3 heterocycles. The smallest absolute Gasteiger partial charge is 0.327 e. The molecule has 0 amide bonds. The van der Waals surface area contributed by atoms with Crippen LogP contribution in [0.1, 0.15) is 17.3 Å². The van der Waals surface area contributed by atoms with Gasteiger partial charge >= 0.3 is 5.69 Å². The SMILES string of the molecule is O=c1[nH]c(=O)c2[nH]c(C3COc4ccccc4C3)nc2[nH]1. The summed E-state index contributed by atoms with van der Waals surface area (Å²) in [5.41, 5.74) is 0.637. The van der Waals surface area contributed by atoms with Crippen molar-refractivity contribution >= 4 is 11.2 Å². The van der Waals surface area contributed by atoms with E-state index < -0.39 is 11.2 Å². The molecular formula is C14H12N4O3. The van der Waals surface area contributed by atoms with Crippen molar-refractivity contribution in [1.82, 2.24) is 19.9 Å². The number of hydrogen-bond donors (Lipinski definition) is 3. The van der Waals surface area contributed by atoms with Gasteiger partial charge in [0.2, 0.25) is 0 Å². The quantitative estimate of drug-likeness (QED) is 0.610. The predicted octanol–water partition coefficient (Wildman–Crippen LogP) is 0.658. The molecular weight excluding hydrogens is 272 g/mol. The van der Waals surface area contributed by atoms with Gasteiger partial charge in [-0.3, -0.25) is 14.8 Å². The van der Waals surface area contributed by atoms with Gasteiger partial charge < -0.3 is 9.72 Å². The molecule has 0 bridgehead atoms. The average Bonchev–Trinajstić information content (AvgIpc) is 2.91. The molecule has 0 saturated carbocycles. The van der Waals surface area contributed by atoms with E-state index >= 15 is 0 Å². The first-order valence-corrected chi connectivity index (χ1v) is 6.63. The fourth-order valence-electron chi connectivity index (χ4n) is 2.65. The summed E-state index contributed by atoms with van der Waals surface area (Å²) < 4.78 is 5.72. The Morgan fingerprint density at radius 1 is 1.14 bits per heavy atom. The molecule has 1 aromatic carbocycles. The normalized spacial score (nSPS) is 17.4. The number of para-hydroxylation sites is 1. The van der Waals surface area contributed by atoms with Gasteiger partial charge in [-0.05, 0) is 18.1 Å². The van der Waals surface area contributed by atoms with Crippen LogP contribution in [0.25, 0.3) is 11.2 Å². The maximum absolute atomic E-state index is 11.7. The van der Waals surface area contributed by atoms with Gasteiger partial charge in [0.1, 0.15) is 17.1 Å². The number of fused-ring (bicyclic) bond motifs is 2. The molecule has 4 rings (SSSR count). The van der Waals surface area contributed by atoms with Gasteiger partial charge in [0, 0.05) is 0 Å². The van der Waals surface area contributed by atoms with Crippen LogP contribution in [0.3, 0.4) is 0 Å². The van der Waals surface area contributed by atoms with E-state index in [1.165, 1.54) is 0 Å². The molecule has 1 aliphatic heterocycles. The highest BCUT2D eigenvalue weighted by atomic mass is 16.5. The van der Waals surface area contributed by atoms with Crippen molar-refractivity contribution in [2.45, 2.75) is 12.3 Å².